The molecule has 0 unspecified atom stereocenters. The molecule has 14 heavy (non-hydrogen) atoms. The van der Waals surface area contributed by atoms with E-state index in [1.165, 1.54) is 0 Å². The van der Waals surface area contributed by atoms with Gasteiger partial charge < -0.3 is 15.3 Å². The van der Waals surface area contributed by atoms with Crippen molar-refractivity contribution in [3.63, 3.8) is 0 Å². The monoisotopic (exact) mass is 190 g/mol. The van der Waals surface area contributed by atoms with Crippen LogP contribution < -0.4 is 0 Å². The number of rotatable bonds is 1. The topological polar surface area (TPSA) is 60.7 Å². The van der Waals surface area contributed by atoms with E-state index in [2.05, 4.69) is 0 Å². The van der Waals surface area contributed by atoms with E-state index >= 15 is 0 Å². The number of hydrogen-bond donors (Lipinski definition) is 3. The summed E-state index contributed by atoms with van der Waals surface area (Å²) in [6, 6.07) is 10.1. The van der Waals surface area contributed by atoms with Crippen LogP contribution in [0.3, 0.4) is 0 Å². The van der Waals surface area contributed by atoms with Crippen LogP contribution >= 0.6 is 0 Å². The van der Waals surface area contributed by atoms with Gasteiger partial charge in [0.15, 0.2) is 6.29 Å². The summed E-state index contributed by atoms with van der Waals surface area (Å²) in [6.07, 6.45) is -1.50. The maximum absolute atomic E-state index is 9.51. The average molecular weight is 190 g/mol. The molecule has 0 bridgehead atoms. The maximum atomic E-state index is 9.51. The molecule has 0 aliphatic rings. The quantitative estimate of drug-likeness (QED) is 0.597. The van der Waals surface area contributed by atoms with Crippen LogP contribution in [0, 0.1) is 0 Å². The molecule has 3 N–H and O–H groups in total. The van der Waals surface area contributed by atoms with E-state index in [4.69, 9.17) is 10.2 Å². The van der Waals surface area contributed by atoms with Gasteiger partial charge in [-0.05, 0) is 17.5 Å². The van der Waals surface area contributed by atoms with Gasteiger partial charge in [-0.2, -0.15) is 0 Å². The van der Waals surface area contributed by atoms with Gasteiger partial charge >= 0.3 is 0 Å². The van der Waals surface area contributed by atoms with E-state index in [9.17, 15) is 5.11 Å². The molecule has 0 fully saturated rings. The molecule has 0 heterocycles. The summed E-state index contributed by atoms with van der Waals surface area (Å²) in [4.78, 5) is 0. The molecule has 0 aliphatic carbocycles. The number of hydrogen-bond acceptors (Lipinski definition) is 3. The SMILES string of the molecule is Oc1cccc2ccc(C(O)O)cc12. The first-order valence-electron chi connectivity index (χ1n) is 4.26. The fourth-order valence-corrected chi connectivity index (χ4v) is 1.43. The number of aromatic hydroxyl groups is 1. The van der Waals surface area contributed by atoms with Crippen molar-refractivity contribution >= 4 is 10.8 Å². The van der Waals surface area contributed by atoms with Crippen molar-refractivity contribution in [1.82, 2.24) is 0 Å². The molecule has 0 saturated heterocycles. The molecule has 0 aliphatic heterocycles. The molecule has 72 valence electrons. The Morgan fingerprint density at radius 2 is 1.79 bits per heavy atom. The first-order valence-corrected chi connectivity index (χ1v) is 4.26. The molecule has 0 aromatic heterocycles. The third-order valence-corrected chi connectivity index (χ3v) is 2.18. The molecule has 2 rings (SSSR count). The second-order valence-electron chi connectivity index (χ2n) is 3.13. The van der Waals surface area contributed by atoms with Crippen LogP contribution in [0.5, 0.6) is 5.75 Å². The largest absolute Gasteiger partial charge is 0.507 e. The lowest BCUT2D eigenvalue weighted by Crippen LogP contribution is -1.93. The van der Waals surface area contributed by atoms with E-state index in [0.29, 0.717) is 10.9 Å². The van der Waals surface area contributed by atoms with Crippen molar-refractivity contribution in [3.8, 4) is 5.75 Å². The number of phenols is 1. The summed E-state index contributed by atoms with van der Waals surface area (Å²) >= 11 is 0. The zero-order chi connectivity index (χ0) is 10.1. The predicted octanol–water partition coefficient (Wildman–Crippen LogP) is 1.53. The minimum absolute atomic E-state index is 0.144. The molecule has 2 aromatic rings. The second-order valence-corrected chi connectivity index (χ2v) is 3.13. The van der Waals surface area contributed by atoms with Crippen molar-refractivity contribution in [2.75, 3.05) is 0 Å². The lowest BCUT2D eigenvalue weighted by Gasteiger charge is -2.06. The third-order valence-electron chi connectivity index (χ3n) is 2.18. The van der Waals surface area contributed by atoms with Crippen molar-refractivity contribution in [2.45, 2.75) is 6.29 Å². The van der Waals surface area contributed by atoms with Crippen LogP contribution in [0.1, 0.15) is 11.9 Å². The highest BCUT2D eigenvalue weighted by Crippen LogP contribution is 2.26. The maximum Gasteiger partial charge on any atom is 0.178 e. The Morgan fingerprint density at radius 3 is 2.50 bits per heavy atom. The van der Waals surface area contributed by atoms with E-state index in [0.717, 1.165) is 5.39 Å². The normalized spacial score (nSPS) is 11.1. The van der Waals surface area contributed by atoms with Gasteiger partial charge in [-0.3, -0.25) is 0 Å². The van der Waals surface area contributed by atoms with Crippen molar-refractivity contribution < 1.29 is 15.3 Å². The fraction of sp³-hybridized carbons (Fsp3) is 0.0909. The molecule has 0 amide bonds. The third kappa shape index (κ3) is 1.43. The summed E-state index contributed by atoms with van der Waals surface area (Å²) in [5, 5.41) is 28.9. The van der Waals surface area contributed by atoms with Gasteiger partial charge in [-0.15, -0.1) is 0 Å². The van der Waals surface area contributed by atoms with Gasteiger partial charge in [-0.25, -0.2) is 0 Å². The minimum Gasteiger partial charge on any atom is -0.507 e. The van der Waals surface area contributed by atoms with Gasteiger partial charge in [0.1, 0.15) is 5.75 Å². The summed E-state index contributed by atoms with van der Waals surface area (Å²) in [7, 11) is 0. The Morgan fingerprint density at radius 1 is 1.00 bits per heavy atom. The first kappa shape index (κ1) is 8.99. The minimum atomic E-state index is -1.50. The highest BCUT2D eigenvalue weighted by Gasteiger charge is 2.05. The number of aliphatic hydroxyl groups excluding tert-OH is 1. The second kappa shape index (κ2) is 3.29. The summed E-state index contributed by atoms with van der Waals surface area (Å²) in [5.74, 6) is 0.144. The Balaban J connectivity index is 2.70. The Hall–Kier alpha value is -1.58. The van der Waals surface area contributed by atoms with E-state index in [1.807, 2.05) is 6.07 Å². The van der Waals surface area contributed by atoms with Crippen LogP contribution in [0.25, 0.3) is 10.8 Å². The molecule has 3 heteroatoms. The van der Waals surface area contributed by atoms with E-state index in [1.54, 1.807) is 30.3 Å². The van der Waals surface area contributed by atoms with Crippen LogP contribution in [-0.4, -0.2) is 15.3 Å². The van der Waals surface area contributed by atoms with E-state index in [-0.39, 0.29) is 5.75 Å². The van der Waals surface area contributed by atoms with Crippen molar-refractivity contribution in [3.05, 3.63) is 42.0 Å². The Kier molecular flexibility index (Phi) is 2.11. The molecular formula is C11H10O3. The molecule has 3 nitrogen and oxygen atoms in total. The molecule has 0 saturated carbocycles. The Bertz CT molecular complexity index is 463. The molecule has 0 spiro atoms. The predicted molar refractivity (Wildman–Crippen MR) is 52.8 cm³/mol. The fourth-order valence-electron chi connectivity index (χ4n) is 1.43. The lowest BCUT2D eigenvalue weighted by molar-refractivity contribution is -0.0423. The molecule has 0 radical (unpaired) electrons. The van der Waals surface area contributed by atoms with Crippen LogP contribution in [0.2, 0.25) is 0 Å². The van der Waals surface area contributed by atoms with Gasteiger partial charge in [0, 0.05) is 10.9 Å². The van der Waals surface area contributed by atoms with Gasteiger partial charge in [0.2, 0.25) is 0 Å². The summed E-state index contributed by atoms with van der Waals surface area (Å²) in [5.41, 5.74) is 0.374. The smallest absolute Gasteiger partial charge is 0.178 e. The number of fused-ring (bicyclic) bond motifs is 1. The van der Waals surface area contributed by atoms with E-state index < -0.39 is 6.29 Å². The van der Waals surface area contributed by atoms with Crippen LogP contribution in [0.4, 0.5) is 0 Å². The molecule has 0 atom stereocenters. The number of benzene rings is 2. The standard InChI is InChI=1S/C11H10O3/c12-10-3-1-2-7-4-5-8(11(13)14)6-9(7)10/h1-6,11-14H. The molecule has 2 aromatic carbocycles. The van der Waals surface area contributed by atoms with Crippen molar-refractivity contribution in [1.29, 1.82) is 0 Å². The van der Waals surface area contributed by atoms with Gasteiger partial charge in [0.25, 0.3) is 0 Å². The summed E-state index contributed by atoms with van der Waals surface area (Å²) < 4.78 is 0. The zero-order valence-corrected chi connectivity index (χ0v) is 7.38. The van der Waals surface area contributed by atoms with Gasteiger partial charge in [-0.1, -0.05) is 24.3 Å². The average Bonchev–Trinajstić information content (AvgIpc) is 2.18. The highest BCUT2D eigenvalue weighted by atomic mass is 16.5. The first-order chi connectivity index (χ1) is 6.68. The molecular weight excluding hydrogens is 180 g/mol. The Labute approximate surface area is 80.9 Å². The summed E-state index contributed by atoms with van der Waals surface area (Å²) in [6.45, 7) is 0. The van der Waals surface area contributed by atoms with Crippen LogP contribution in [0.15, 0.2) is 36.4 Å². The van der Waals surface area contributed by atoms with Gasteiger partial charge in [0.05, 0.1) is 0 Å². The zero-order valence-electron chi connectivity index (χ0n) is 7.38. The van der Waals surface area contributed by atoms with Crippen LogP contribution in [-0.2, 0) is 0 Å². The lowest BCUT2D eigenvalue weighted by atomic mass is 10.1. The number of aliphatic hydroxyl groups is 2. The van der Waals surface area contributed by atoms with Crippen molar-refractivity contribution in [2.24, 2.45) is 0 Å². The highest BCUT2D eigenvalue weighted by molar-refractivity contribution is 5.88. The number of phenolic OH excluding ortho intramolecular Hbond substituents is 1.